The van der Waals surface area contributed by atoms with Crippen LogP contribution in [-0.4, -0.2) is 100 Å². The lowest BCUT2D eigenvalue weighted by Crippen LogP contribution is -2.51. The minimum atomic E-state index is -3.20. The van der Waals surface area contributed by atoms with E-state index in [4.69, 9.17) is 37.3 Å². The number of aromatic nitrogens is 6. The number of carbonyl (C=O) groups excluding carboxylic acids is 3. The molecule has 0 aliphatic carbocycles. The van der Waals surface area contributed by atoms with Crippen molar-refractivity contribution in [2.45, 2.75) is 63.1 Å². The van der Waals surface area contributed by atoms with Gasteiger partial charge in [0.2, 0.25) is 11.1 Å². The van der Waals surface area contributed by atoms with Crippen LogP contribution in [0.4, 0.5) is 38.7 Å². The number of alkyl halides is 4. The molecule has 2 fully saturated rings. The second kappa shape index (κ2) is 24.4. The van der Waals surface area contributed by atoms with Crippen LogP contribution in [0.2, 0.25) is 0 Å². The smallest absolute Gasteiger partial charge is 0.410 e. The van der Waals surface area contributed by atoms with Crippen LogP contribution in [0.25, 0.3) is 44.1 Å². The third kappa shape index (κ3) is 14.1. The van der Waals surface area contributed by atoms with Crippen molar-refractivity contribution >= 4 is 62.3 Å². The number of hydrogen-bond donors (Lipinski definition) is 4. The van der Waals surface area contributed by atoms with Crippen LogP contribution < -0.4 is 32.1 Å². The maximum Gasteiger partial charge on any atom is 0.410 e. The van der Waals surface area contributed by atoms with E-state index >= 15 is 0 Å². The van der Waals surface area contributed by atoms with Crippen molar-refractivity contribution in [3.63, 3.8) is 0 Å². The normalized spacial score (nSPS) is 16.3. The molecule has 6 heterocycles. The second-order valence-corrected chi connectivity index (χ2v) is 20.2. The van der Waals surface area contributed by atoms with E-state index in [1.807, 2.05) is 60.7 Å². The van der Waals surface area contributed by atoms with Crippen LogP contribution in [0.5, 0.6) is 23.0 Å². The summed E-state index contributed by atoms with van der Waals surface area (Å²) in [6.07, 6.45) is 3.34. The Balaban J connectivity index is 0.000000214. The van der Waals surface area contributed by atoms with Crippen LogP contribution in [0, 0.1) is 0 Å². The highest BCUT2D eigenvalue weighted by molar-refractivity contribution is 6.66. The summed E-state index contributed by atoms with van der Waals surface area (Å²) in [4.78, 5) is 62.1. The number of benzene rings is 4. The summed E-state index contributed by atoms with van der Waals surface area (Å²) in [6, 6.07) is 31.0. The molecule has 424 valence electrons. The highest BCUT2D eigenvalue weighted by Gasteiger charge is 2.45. The fourth-order valence-electron chi connectivity index (χ4n) is 9.42. The number of piperidine rings is 2. The number of rotatable bonds is 10. The van der Waals surface area contributed by atoms with E-state index in [2.05, 4.69) is 33.6 Å². The molecule has 2 aliphatic heterocycles. The first-order valence-electron chi connectivity index (χ1n) is 24.8. The molecular weight excluding hydrogens is 1080 g/mol. The summed E-state index contributed by atoms with van der Waals surface area (Å²) >= 11 is 4.71. The Kier molecular flexibility index (Phi) is 17.9. The third-order valence-corrected chi connectivity index (χ3v) is 12.9. The number of nitrogens with two attached hydrogens (primary N) is 2. The van der Waals surface area contributed by atoms with E-state index < -0.39 is 83.8 Å². The lowest BCUT2D eigenvalue weighted by atomic mass is 10.0. The lowest BCUT2D eigenvalue weighted by Gasteiger charge is -2.38. The first kappa shape index (κ1) is 59.4. The Bertz CT molecular complexity index is 3700. The predicted molar refractivity (Wildman–Crippen MR) is 299 cm³/mol. The summed E-state index contributed by atoms with van der Waals surface area (Å²) in [6.45, 7) is 9.93. The van der Waals surface area contributed by atoms with Crippen LogP contribution in [0.3, 0.4) is 0 Å². The van der Waals surface area contributed by atoms with Gasteiger partial charge in [-0.1, -0.05) is 73.8 Å². The summed E-state index contributed by atoms with van der Waals surface area (Å²) < 4.78 is 79.1. The molecule has 2 aliphatic rings. The number of anilines is 2. The Morgan fingerprint density at radius 3 is 1.38 bits per heavy atom. The maximum absolute atomic E-state index is 14.9. The quantitative estimate of drug-likeness (QED) is 0.0568. The number of hydrogen-bond acceptors (Lipinski definition) is 12. The van der Waals surface area contributed by atoms with E-state index in [0.29, 0.717) is 56.0 Å². The van der Waals surface area contributed by atoms with Crippen molar-refractivity contribution in [1.29, 1.82) is 0 Å². The zero-order chi connectivity index (χ0) is 57.7. The van der Waals surface area contributed by atoms with Crippen molar-refractivity contribution in [1.82, 2.24) is 39.3 Å². The van der Waals surface area contributed by atoms with Crippen LogP contribution in [-0.2, 0) is 14.3 Å². The number of nitrogen functional groups attached to an aromatic ring is 2. The highest BCUT2D eigenvalue weighted by Crippen LogP contribution is 2.42. The number of nitrogens with zero attached hydrogens (tertiary/aromatic N) is 6. The number of nitrogens with one attached hydrogen (secondary N) is 2. The SMILES string of the molecule is C=CC(=O)Cl.C=CC(=O)N1C[C@H](n2cc(-c3ccc(Oc4ccccc4)cc3)c3c(N)n[nH]c(=O)c32)CC(F)(F)C1.CC(C)(C)OC(=O)N1C[C@H](n2cc(-c3ccc(Oc4ccccc4)cc3)c3c(N)n[nH]c(=O)c32)CC(F)(F)C1.F. The van der Waals surface area contributed by atoms with Crippen molar-refractivity contribution in [2.75, 3.05) is 37.6 Å². The Morgan fingerprint density at radius 2 is 1.01 bits per heavy atom. The Labute approximate surface area is 464 Å². The molecule has 0 spiro atoms. The van der Waals surface area contributed by atoms with Crippen LogP contribution >= 0.6 is 11.6 Å². The van der Waals surface area contributed by atoms with Gasteiger partial charge in [0.1, 0.15) is 39.6 Å². The minimum Gasteiger partial charge on any atom is -0.457 e. The average molecular weight is 1140 g/mol. The number of aromatic amines is 2. The Hall–Kier alpha value is -9.25. The van der Waals surface area contributed by atoms with E-state index in [9.17, 15) is 41.5 Å². The number of ether oxygens (including phenoxy) is 3. The van der Waals surface area contributed by atoms with Gasteiger partial charge >= 0.3 is 6.09 Å². The molecule has 10 rings (SSSR count). The number of para-hydroxylation sites is 2. The molecule has 2 atom stereocenters. The number of amides is 2. The molecule has 0 radical (unpaired) electrons. The topological polar surface area (TPSA) is 239 Å². The molecule has 18 nitrogen and oxygen atoms in total. The van der Waals surface area contributed by atoms with Gasteiger partial charge in [0, 0.05) is 49.5 Å². The van der Waals surface area contributed by atoms with E-state index in [0.717, 1.165) is 22.0 Å². The van der Waals surface area contributed by atoms with Gasteiger partial charge in [-0.05, 0) is 104 Å². The number of halogens is 6. The first-order valence-corrected chi connectivity index (χ1v) is 25.2. The molecule has 24 heteroatoms. The molecule has 0 bridgehead atoms. The zero-order valence-corrected chi connectivity index (χ0v) is 44.7. The summed E-state index contributed by atoms with van der Waals surface area (Å²) in [5.74, 6) is -4.27. The van der Waals surface area contributed by atoms with Crippen molar-refractivity contribution in [3.8, 4) is 45.3 Å². The van der Waals surface area contributed by atoms with Crippen molar-refractivity contribution < 1.29 is 50.9 Å². The number of likely N-dealkylation sites (tertiary alicyclic amines) is 2. The van der Waals surface area contributed by atoms with Gasteiger partial charge in [0.15, 0.2) is 11.6 Å². The summed E-state index contributed by atoms with van der Waals surface area (Å²) in [7, 11) is 0. The molecule has 0 unspecified atom stereocenters. The zero-order valence-electron chi connectivity index (χ0n) is 43.9. The predicted octanol–water partition coefficient (Wildman–Crippen LogP) is 11.0. The molecule has 4 aromatic heterocycles. The second-order valence-electron chi connectivity index (χ2n) is 19.8. The van der Waals surface area contributed by atoms with E-state index in [1.165, 1.54) is 9.13 Å². The minimum absolute atomic E-state index is 0. The van der Waals surface area contributed by atoms with Gasteiger partial charge in [0.25, 0.3) is 23.0 Å². The van der Waals surface area contributed by atoms with Gasteiger partial charge in [-0.15, -0.1) is 0 Å². The van der Waals surface area contributed by atoms with Gasteiger partial charge in [-0.25, -0.2) is 32.6 Å². The van der Waals surface area contributed by atoms with Crippen molar-refractivity contribution in [2.24, 2.45) is 0 Å². The molecule has 81 heavy (non-hydrogen) atoms. The fraction of sp³-hybridized carbons (Fsp3) is 0.246. The third-order valence-electron chi connectivity index (χ3n) is 12.7. The number of H-pyrrole nitrogens is 2. The van der Waals surface area contributed by atoms with Crippen LogP contribution in [0.1, 0.15) is 45.7 Å². The Morgan fingerprint density at radius 1 is 0.642 bits per heavy atom. The summed E-state index contributed by atoms with van der Waals surface area (Å²) in [5.41, 5.74) is 13.0. The fourth-order valence-corrected chi connectivity index (χ4v) is 9.42. The lowest BCUT2D eigenvalue weighted by molar-refractivity contribution is -0.139. The first-order chi connectivity index (χ1) is 37.9. The average Bonchev–Trinajstić information content (AvgIpc) is 4.12. The maximum atomic E-state index is 14.9. The largest absolute Gasteiger partial charge is 0.457 e. The molecule has 6 N–H and O–H groups in total. The molecule has 4 aromatic carbocycles. The standard InChI is InChI=1S/C28H29F2N5O4.C26H23F2N5O3.C3H3ClO.FH/c1-27(2,3)39-26(37)34-14-18(13-28(29,30)16-34)35-15-21(22-23(35)25(36)33-32-24(22)31)17-9-11-20(12-10-17)38-19-7-5-4-6-8-19;1-2-21(34)32-13-17(12-26(27,28)15-32)33-14-20(22-23(33)25(35)31-30-24(22)29)16-8-10-19(11-9-16)36-18-6-4-3-5-7-18;1-2-3(4)5;/h4-12,15,18H,13-14,16H2,1-3H3,(H2,31,32)(H,33,36);2-11,14,17H,1,12-13,15H2,(H2,29,30)(H,31,35);2H,1H2;1H/t18-;17-;;/m11../s1. The van der Waals surface area contributed by atoms with Gasteiger partial charge < -0.3 is 44.6 Å². The highest BCUT2D eigenvalue weighted by atomic mass is 35.5. The van der Waals surface area contributed by atoms with Gasteiger partial charge in [0.05, 0.1) is 35.9 Å². The van der Waals surface area contributed by atoms with E-state index in [1.54, 1.807) is 81.7 Å². The molecule has 8 aromatic rings. The monoisotopic (exact) mass is 1140 g/mol. The number of fused-ring (bicyclic) bond motifs is 2. The van der Waals surface area contributed by atoms with Crippen molar-refractivity contribution in [3.05, 3.63) is 168 Å². The molecular formula is C57H56ClF5N10O8. The van der Waals surface area contributed by atoms with Gasteiger partial charge in [-0.2, -0.15) is 10.2 Å². The van der Waals surface area contributed by atoms with Crippen LogP contribution in [0.15, 0.2) is 156 Å². The molecule has 0 saturated carbocycles. The summed E-state index contributed by atoms with van der Waals surface area (Å²) in [5, 5.41) is 12.7. The molecule has 2 amide bonds. The van der Waals surface area contributed by atoms with Gasteiger partial charge in [-0.3, -0.25) is 23.9 Å². The van der Waals surface area contributed by atoms with E-state index in [-0.39, 0.29) is 40.5 Å². The molecule has 2 saturated heterocycles. The number of carbonyl (C=O) groups is 3. The number of allylic oxidation sites excluding steroid dienone is 1.